The lowest BCUT2D eigenvalue weighted by Crippen LogP contribution is -2.02. The third-order valence-corrected chi connectivity index (χ3v) is 3.30. The Kier molecular flexibility index (Phi) is 4.05. The van der Waals surface area contributed by atoms with Crippen LogP contribution in [0.5, 0.6) is 5.75 Å². The zero-order valence-corrected chi connectivity index (χ0v) is 11.5. The lowest BCUT2D eigenvalue weighted by molar-refractivity contribution is 0.386. The van der Waals surface area contributed by atoms with Crippen molar-refractivity contribution in [3.63, 3.8) is 0 Å². The molecule has 0 heterocycles. The van der Waals surface area contributed by atoms with Crippen LogP contribution in [-0.4, -0.2) is 7.11 Å². The zero-order valence-electron chi connectivity index (χ0n) is 11.5. The summed E-state index contributed by atoms with van der Waals surface area (Å²) in [6, 6.07) is 11.1. The normalized spacial score (nSPS) is 10.3. The Morgan fingerprint density at radius 3 is 2.63 bits per heavy atom. The highest BCUT2D eigenvalue weighted by molar-refractivity contribution is 5.54. The Morgan fingerprint density at radius 2 is 1.95 bits per heavy atom. The SMILES string of the molecule is COc1ccc(CNc2cccc(C)c2C)cc1F. The fourth-order valence-electron chi connectivity index (χ4n) is 1.96. The van der Waals surface area contributed by atoms with Gasteiger partial charge in [-0.25, -0.2) is 4.39 Å². The number of halogens is 1. The molecule has 2 aromatic carbocycles. The molecule has 0 saturated carbocycles. The van der Waals surface area contributed by atoms with Crippen LogP contribution in [0.3, 0.4) is 0 Å². The van der Waals surface area contributed by atoms with Crippen LogP contribution in [0.1, 0.15) is 16.7 Å². The molecule has 2 rings (SSSR count). The lowest BCUT2D eigenvalue weighted by Gasteiger charge is -2.12. The average Bonchev–Trinajstić information content (AvgIpc) is 2.40. The molecule has 0 aliphatic carbocycles. The van der Waals surface area contributed by atoms with E-state index in [1.807, 2.05) is 18.2 Å². The summed E-state index contributed by atoms with van der Waals surface area (Å²) in [5.74, 6) is -0.0572. The van der Waals surface area contributed by atoms with Crippen LogP contribution in [0.4, 0.5) is 10.1 Å². The minimum atomic E-state index is -0.331. The van der Waals surface area contributed by atoms with E-state index >= 15 is 0 Å². The zero-order chi connectivity index (χ0) is 13.8. The van der Waals surface area contributed by atoms with E-state index in [4.69, 9.17) is 4.74 Å². The van der Waals surface area contributed by atoms with Gasteiger partial charge < -0.3 is 10.1 Å². The van der Waals surface area contributed by atoms with E-state index < -0.39 is 0 Å². The number of nitrogens with one attached hydrogen (secondary N) is 1. The maximum atomic E-state index is 13.6. The van der Waals surface area contributed by atoms with Crippen molar-refractivity contribution in [1.82, 2.24) is 0 Å². The number of ether oxygens (including phenoxy) is 1. The van der Waals surface area contributed by atoms with Gasteiger partial charge in [0.2, 0.25) is 0 Å². The Morgan fingerprint density at radius 1 is 1.16 bits per heavy atom. The van der Waals surface area contributed by atoms with Crippen LogP contribution in [0.15, 0.2) is 36.4 Å². The highest BCUT2D eigenvalue weighted by Gasteiger charge is 2.04. The third-order valence-electron chi connectivity index (χ3n) is 3.30. The van der Waals surface area contributed by atoms with Gasteiger partial charge >= 0.3 is 0 Å². The minimum Gasteiger partial charge on any atom is -0.494 e. The summed E-state index contributed by atoms with van der Waals surface area (Å²) in [7, 11) is 1.46. The molecule has 2 aromatic rings. The molecule has 3 heteroatoms. The van der Waals surface area contributed by atoms with E-state index in [1.54, 1.807) is 6.07 Å². The van der Waals surface area contributed by atoms with Crippen molar-refractivity contribution in [2.45, 2.75) is 20.4 Å². The molecule has 0 aliphatic rings. The standard InChI is InChI=1S/C16H18FNO/c1-11-5-4-6-15(12(11)2)18-10-13-7-8-16(19-3)14(17)9-13/h4-9,18H,10H2,1-3H3. The van der Waals surface area contributed by atoms with Gasteiger partial charge in [0, 0.05) is 12.2 Å². The average molecular weight is 259 g/mol. The molecule has 0 amide bonds. The molecule has 0 atom stereocenters. The Labute approximate surface area is 113 Å². The molecule has 100 valence electrons. The third kappa shape index (κ3) is 3.05. The van der Waals surface area contributed by atoms with Gasteiger partial charge in [-0.3, -0.25) is 0 Å². The van der Waals surface area contributed by atoms with Gasteiger partial charge in [0.25, 0.3) is 0 Å². The van der Waals surface area contributed by atoms with Gasteiger partial charge in [-0.2, -0.15) is 0 Å². The minimum absolute atomic E-state index is 0.274. The number of anilines is 1. The number of methoxy groups -OCH3 is 1. The molecule has 19 heavy (non-hydrogen) atoms. The van der Waals surface area contributed by atoms with E-state index in [1.165, 1.54) is 24.3 Å². The van der Waals surface area contributed by atoms with Crippen molar-refractivity contribution in [3.05, 3.63) is 58.9 Å². The maximum absolute atomic E-state index is 13.6. The van der Waals surface area contributed by atoms with Crippen LogP contribution >= 0.6 is 0 Å². The van der Waals surface area contributed by atoms with E-state index in [0.29, 0.717) is 6.54 Å². The van der Waals surface area contributed by atoms with Gasteiger partial charge in [0.05, 0.1) is 7.11 Å². The second kappa shape index (κ2) is 5.74. The molecule has 2 nitrogen and oxygen atoms in total. The summed E-state index contributed by atoms with van der Waals surface area (Å²) in [4.78, 5) is 0. The summed E-state index contributed by atoms with van der Waals surface area (Å²) in [6.07, 6.45) is 0. The van der Waals surface area contributed by atoms with E-state index in [0.717, 1.165) is 11.3 Å². The van der Waals surface area contributed by atoms with E-state index in [9.17, 15) is 4.39 Å². The number of benzene rings is 2. The van der Waals surface area contributed by atoms with Gasteiger partial charge in [-0.05, 0) is 48.7 Å². The fourth-order valence-corrected chi connectivity index (χ4v) is 1.96. The number of aryl methyl sites for hydroxylation is 1. The molecule has 1 N–H and O–H groups in total. The monoisotopic (exact) mass is 259 g/mol. The first kappa shape index (κ1) is 13.4. The van der Waals surface area contributed by atoms with Crippen molar-refractivity contribution in [3.8, 4) is 5.75 Å². The smallest absolute Gasteiger partial charge is 0.165 e. The molecule has 0 unspecified atom stereocenters. The molecular formula is C16H18FNO. The first-order valence-electron chi connectivity index (χ1n) is 6.24. The van der Waals surface area contributed by atoms with Crippen molar-refractivity contribution in [2.24, 2.45) is 0 Å². The summed E-state index contributed by atoms with van der Waals surface area (Å²) in [5, 5.41) is 3.33. The first-order chi connectivity index (χ1) is 9.11. The Hall–Kier alpha value is -2.03. The number of hydrogen-bond acceptors (Lipinski definition) is 2. The van der Waals surface area contributed by atoms with Crippen molar-refractivity contribution >= 4 is 5.69 Å². The summed E-state index contributed by atoms with van der Waals surface area (Å²) < 4.78 is 18.5. The summed E-state index contributed by atoms with van der Waals surface area (Å²) in [5.41, 5.74) is 4.43. The van der Waals surface area contributed by atoms with Crippen LogP contribution in [0.25, 0.3) is 0 Å². The second-order valence-electron chi connectivity index (χ2n) is 4.57. The second-order valence-corrected chi connectivity index (χ2v) is 4.57. The van der Waals surface area contributed by atoms with Crippen LogP contribution in [0.2, 0.25) is 0 Å². The van der Waals surface area contributed by atoms with E-state index in [2.05, 4.69) is 25.2 Å². The summed E-state index contributed by atoms with van der Waals surface area (Å²) >= 11 is 0. The lowest BCUT2D eigenvalue weighted by atomic mass is 10.1. The van der Waals surface area contributed by atoms with Gasteiger partial charge in [0.1, 0.15) is 0 Å². The largest absolute Gasteiger partial charge is 0.494 e. The summed E-state index contributed by atoms with van der Waals surface area (Å²) in [6.45, 7) is 4.74. The first-order valence-corrected chi connectivity index (χ1v) is 6.24. The molecule has 0 aromatic heterocycles. The predicted molar refractivity (Wildman–Crippen MR) is 76.2 cm³/mol. The maximum Gasteiger partial charge on any atom is 0.165 e. The van der Waals surface area contributed by atoms with Gasteiger partial charge in [-0.1, -0.05) is 18.2 Å². The molecule has 0 radical (unpaired) electrons. The van der Waals surface area contributed by atoms with Gasteiger partial charge in [-0.15, -0.1) is 0 Å². The highest BCUT2D eigenvalue weighted by Crippen LogP contribution is 2.21. The highest BCUT2D eigenvalue weighted by atomic mass is 19.1. The molecule has 0 fully saturated rings. The predicted octanol–water partition coefficient (Wildman–Crippen LogP) is 4.06. The van der Waals surface area contributed by atoms with Crippen molar-refractivity contribution < 1.29 is 9.13 Å². The topological polar surface area (TPSA) is 21.3 Å². The fraction of sp³-hybridized carbons (Fsp3) is 0.250. The molecule has 0 saturated heterocycles. The van der Waals surface area contributed by atoms with Crippen LogP contribution in [0, 0.1) is 19.7 Å². The quantitative estimate of drug-likeness (QED) is 0.894. The molecule has 0 aliphatic heterocycles. The molecule has 0 spiro atoms. The molecule has 0 bridgehead atoms. The van der Waals surface area contributed by atoms with Crippen molar-refractivity contribution in [2.75, 3.05) is 12.4 Å². The number of rotatable bonds is 4. The molecular weight excluding hydrogens is 241 g/mol. The van der Waals surface area contributed by atoms with Gasteiger partial charge in [0.15, 0.2) is 11.6 Å². The number of hydrogen-bond donors (Lipinski definition) is 1. The Bertz CT molecular complexity index is 581. The Balaban J connectivity index is 2.10. The van der Waals surface area contributed by atoms with Crippen LogP contribution < -0.4 is 10.1 Å². The van der Waals surface area contributed by atoms with Crippen LogP contribution in [-0.2, 0) is 6.54 Å². The van der Waals surface area contributed by atoms with E-state index in [-0.39, 0.29) is 11.6 Å². The van der Waals surface area contributed by atoms with Crippen molar-refractivity contribution in [1.29, 1.82) is 0 Å².